The van der Waals surface area contributed by atoms with E-state index in [9.17, 15) is 0 Å². The van der Waals surface area contributed by atoms with E-state index in [2.05, 4.69) is 60.2 Å². The van der Waals surface area contributed by atoms with Gasteiger partial charge >= 0.3 is 0 Å². The molecule has 1 aliphatic rings. The van der Waals surface area contributed by atoms with Crippen LogP contribution >= 0.6 is 0 Å². The molecule has 3 heteroatoms. The van der Waals surface area contributed by atoms with Crippen LogP contribution in [-0.2, 0) is 25.5 Å². The second-order valence-electron chi connectivity index (χ2n) is 8.14. The fourth-order valence-corrected chi connectivity index (χ4v) is 4.28. The Balaban J connectivity index is 0.000000149. The zero-order valence-electron chi connectivity index (χ0n) is 18.0. The number of nitrogens with zero attached hydrogens (tertiary/aromatic N) is 2. The number of benzene rings is 3. The van der Waals surface area contributed by atoms with Crippen molar-refractivity contribution in [2.75, 3.05) is 0 Å². The zero-order valence-corrected chi connectivity index (χ0v) is 20.4. The first-order chi connectivity index (χ1) is 15.2. The van der Waals surface area contributed by atoms with Crippen LogP contribution < -0.4 is 0 Å². The van der Waals surface area contributed by atoms with E-state index in [0.717, 1.165) is 22.5 Å². The summed E-state index contributed by atoms with van der Waals surface area (Å²) >= 11 is 0. The summed E-state index contributed by atoms with van der Waals surface area (Å²) in [5, 5.41) is 2.39. The normalized spacial score (nSPS) is 12.7. The second kappa shape index (κ2) is 9.16. The maximum atomic E-state index is 4.46. The van der Waals surface area contributed by atoms with Gasteiger partial charge in [0.2, 0.25) is 0 Å². The Hall–Kier alpha value is -3.13. The Morgan fingerprint density at radius 3 is 2.25 bits per heavy atom. The number of hydrogen-bond acceptors (Lipinski definition) is 2. The van der Waals surface area contributed by atoms with Gasteiger partial charge in [0, 0.05) is 32.5 Å². The molecule has 0 spiro atoms. The molecule has 0 fully saturated rings. The monoisotopic (exact) mass is 591 g/mol. The fraction of sp³-hybridized carbons (Fsp3) is 0.103. The molecular formula is C29H22IrN2-2. The molecule has 1 radical (unpaired) electrons. The predicted molar refractivity (Wildman–Crippen MR) is 127 cm³/mol. The standard InChI is InChI=1S/C15H10N.C14H12N.Ir/c1-2-7-13(8-3-1)15-14-9-5-4-6-12(14)10-11-16-15;1-14(2)11-7-4-3-6-10(11)13-12(14)8-5-9-15-13;/h1-7,9-11H;3-5,7-9H,1-2H3;/q2*-1;. The average Bonchev–Trinajstić information content (AvgIpc) is 3.07. The van der Waals surface area contributed by atoms with Crippen LogP contribution in [0.25, 0.3) is 33.3 Å². The van der Waals surface area contributed by atoms with Crippen LogP contribution in [0, 0.1) is 12.1 Å². The van der Waals surface area contributed by atoms with Gasteiger partial charge in [-0.3, -0.25) is 0 Å². The van der Waals surface area contributed by atoms with E-state index < -0.39 is 0 Å². The van der Waals surface area contributed by atoms with Gasteiger partial charge in [-0.25, -0.2) is 0 Å². The molecule has 3 aromatic carbocycles. The summed E-state index contributed by atoms with van der Waals surface area (Å²) < 4.78 is 0. The summed E-state index contributed by atoms with van der Waals surface area (Å²) in [7, 11) is 0. The van der Waals surface area contributed by atoms with E-state index >= 15 is 0 Å². The van der Waals surface area contributed by atoms with Crippen LogP contribution in [0.2, 0.25) is 0 Å². The van der Waals surface area contributed by atoms with Crippen molar-refractivity contribution < 1.29 is 20.1 Å². The molecule has 0 N–H and O–H groups in total. The van der Waals surface area contributed by atoms with E-state index in [1.54, 1.807) is 0 Å². The number of fused-ring (bicyclic) bond motifs is 4. The van der Waals surface area contributed by atoms with E-state index in [1.807, 2.05) is 73.1 Å². The molecule has 32 heavy (non-hydrogen) atoms. The number of rotatable bonds is 1. The predicted octanol–water partition coefficient (Wildman–Crippen LogP) is 6.89. The molecule has 0 saturated carbocycles. The van der Waals surface area contributed by atoms with Crippen LogP contribution in [0.15, 0.2) is 97.3 Å². The molecular weight excluding hydrogens is 569 g/mol. The van der Waals surface area contributed by atoms with Crippen molar-refractivity contribution in [2.24, 2.45) is 0 Å². The molecule has 0 atom stereocenters. The van der Waals surface area contributed by atoms with Gasteiger partial charge in [-0.05, 0) is 39.7 Å². The van der Waals surface area contributed by atoms with Crippen molar-refractivity contribution in [3.8, 4) is 22.5 Å². The van der Waals surface area contributed by atoms with Crippen molar-refractivity contribution in [3.63, 3.8) is 0 Å². The summed E-state index contributed by atoms with van der Waals surface area (Å²) in [5.41, 5.74) is 7.01. The van der Waals surface area contributed by atoms with Gasteiger partial charge in [0.15, 0.2) is 0 Å². The summed E-state index contributed by atoms with van der Waals surface area (Å²) in [4.78, 5) is 8.91. The van der Waals surface area contributed by atoms with Gasteiger partial charge in [-0.15, -0.1) is 71.3 Å². The first kappa shape index (κ1) is 22.1. The minimum absolute atomic E-state index is 0. The molecule has 0 saturated heterocycles. The maximum Gasteiger partial charge on any atom is 0.0167 e. The quantitative estimate of drug-likeness (QED) is 0.199. The first-order valence-electron chi connectivity index (χ1n) is 10.4. The largest absolute Gasteiger partial charge is 0.304 e. The van der Waals surface area contributed by atoms with Gasteiger partial charge < -0.3 is 9.97 Å². The molecule has 0 amide bonds. The molecule has 6 rings (SSSR count). The SMILES string of the molecule is CC1(C)c2ccc[c-]c2-c2ncccc21.[Ir].[c-]1ccccc1-c1nccc2ccccc12. The summed E-state index contributed by atoms with van der Waals surface area (Å²) in [6.07, 6.45) is 3.70. The van der Waals surface area contributed by atoms with Crippen LogP contribution in [0.3, 0.4) is 0 Å². The Labute approximate surface area is 202 Å². The number of pyridine rings is 2. The molecule has 1 aliphatic carbocycles. The molecule has 0 bridgehead atoms. The second-order valence-corrected chi connectivity index (χ2v) is 8.14. The van der Waals surface area contributed by atoms with Crippen molar-refractivity contribution in [1.82, 2.24) is 9.97 Å². The van der Waals surface area contributed by atoms with E-state index in [-0.39, 0.29) is 25.5 Å². The Bertz CT molecular complexity index is 1310. The van der Waals surface area contributed by atoms with Crippen LogP contribution in [0.4, 0.5) is 0 Å². The molecule has 5 aromatic rings. The van der Waals surface area contributed by atoms with Crippen LogP contribution in [0.1, 0.15) is 25.0 Å². The number of hydrogen-bond donors (Lipinski definition) is 0. The summed E-state index contributed by atoms with van der Waals surface area (Å²) in [6, 6.07) is 35.1. The van der Waals surface area contributed by atoms with E-state index in [4.69, 9.17) is 0 Å². The van der Waals surface area contributed by atoms with Gasteiger partial charge in [0.05, 0.1) is 0 Å². The maximum absolute atomic E-state index is 4.46. The van der Waals surface area contributed by atoms with Gasteiger partial charge in [-0.2, -0.15) is 0 Å². The third kappa shape index (κ3) is 3.90. The fourth-order valence-electron chi connectivity index (χ4n) is 4.28. The number of aromatic nitrogens is 2. The Morgan fingerprint density at radius 2 is 1.41 bits per heavy atom. The van der Waals surface area contributed by atoms with Gasteiger partial charge in [-0.1, -0.05) is 49.7 Å². The van der Waals surface area contributed by atoms with Gasteiger partial charge in [0.25, 0.3) is 0 Å². The Morgan fingerprint density at radius 1 is 0.656 bits per heavy atom. The van der Waals surface area contributed by atoms with Crippen molar-refractivity contribution >= 4 is 10.8 Å². The zero-order chi connectivity index (χ0) is 21.3. The minimum atomic E-state index is 0. The summed E-state index contributed by atoms with van der Waals surface area (Å²) in [6.45, 7) is 4.49. The minimum Gasteiger partial charge on any atom is -0.304 e. The van der Waals surface area contributed by atoms with Crippen LogP contribution in [0.5, 0.6) is 0 Å². The molecule has 159 valence electrons. The van der Waals surface area contributed by atoms with Gasteiger partial charge in [0.1, 0.15) is 0 Å². The smallest absolute Gasteiger partial charge is 0.0167 e. The molecule has 0 unspecified atom stereocenters. The molecule has 2 aromatic heterocycles. The molecule has 2 heterocycles. The van der Waals surface area contributed by atoms with E-state index in [0.29, 0.717) is 0 Å². The van der Waals surface area contributed by atoms with Crippen molar-refractivity contribution in [1.29, 1.82) is 0 Å². The van der Waals surface area contributed by atoms with Crippen molar-refractivity contribution in [3.05, 3.63) is 121 Å². The van der Waals surface area contributed by atoms with Crippen LogP contribution in [-0.4, -0.2) is 9.97 Å². The molecule has 2 nitrogen and oxygen atoms in total. The third-order valence-electron chi connectivity index (χ3n) is 5.89. The molecule has 0 aliphatic heterocycles. The Kier molecular flexibility index (Phi) is 6.32. The topological polar surface area (TPSA) is 25.8 Å². The van der Waals surface area contributed by atoms with Crippen molar-refractivity contribution in [2.45, 2.75) is 19.3 Å². The third-order valence-corrected chi connectivity index (χ3v) is 5.89. The average molecular weight is 591 g/mol. The van der Waals surface area contributed by atoms with E-state index in [1.165, 1.54) is 21.9 Å². The first-order valence-corrected chi connectivity index (χ1v) is 10.4. The summed E-state index contributed by atoms with van der Waals surface area (Å²) in [5.74, 6) is 0.